The van der Waals surface area contributed by atoms with Crippen LogP contribution in [0, 0.1) is 0 Å². The van der Waals surface area contributed by atoms with E-state index in [1.54, 1.807) is 16.2 Å². The van der Waals surface area contributed by atoms with Crippen molar-refractivity contribution in [3.63, 3.8) is 0 Å². The van der Waals surface area contributed by atoms with Gasteiger partial charge in [-0.2, -0.15) is 0 Å². The highest BCUT2D eigenvalue weighted by molar-refractivity contribution is 5.86. The Bertz CT molecular complexity index is 2640. The summed E-state index contributed by atoms with van der Waals surface area (Å²) in [5, 5.41) is 0. The van der Waals surface area contributed by atoms with E-state index in [1.807, 2.05) is 43.4 Å². The number of hydrogen-bond acceptors (Lipinski definition) is 4. The molecule has 0 amide bonds. The van der Waals surface area contributed by atoms with E-state index in [4.69, 9.17) is 15.0 Å². The number of nitrogens with zero attached hydrogens (tertiary/aromatic N) is 5. The van der Waals surface area contributed by atoms with Crippen molar-refractivity contribution in [1.82, 2.24) is 24.1 Å². The first-order valence-electron chi connectivity index (χ1n) is 16.8. The molecule has 0 spiro atoms. The molecule has 0 radical (unpaired) electrons. The molecule has 0 aliphatic heterocycles. The van der Waals surface area contributed by atoms with Gasteiger partial charge in [-0.15, -0.1) is 0 Å². The van der Waals surface area contributed by atoms with Crippen molar-refractivity contribution in [2.45, 2.75) is 12.3 Å². The largest absolute Gasteiger partial charge is 0.328 e. The van der Waals surface area contributed by atoms with Crippen LogP contribution in [0.2, 0.25) is 0 Å². The number of imidazole rings is 1. The van der Waals surface area contributed by atoms with Gasteiger partial charge in [-0.25, -0.2) is 19.7 Å². The van der Waals surface area contributed by atoms with E-state index >= 15 is 0 Å². The Labute approximate surface area is 290 Å². The summed E-state index contributed by atoms with van der Waals surface area (Å²) in [7, 11) is 3.61. The summed E-state index contributed by atoms with van der Waals surface area (Å²) in [5.74, 6) is 1.86. The Balaban J connectivity index is 1.16. The zero-order valence-corrected chi connectivity index (χ0v) is 28.0. The third-order valence-corrected chi connectivity index (χ3v) is 10.3. The predicted molar refractivity (Wildman–Crippen MR) is 201 cm³/mol. The minimum atomic E-state index is -0.327. The Morgan fingerprint density at radius 1 is 0.460 bits per heavy atom. The molecule has 1 aliphatic carbocycles. The van der Waals surface area contributed by atoms with E-state index in [-0.39, 0.29) is 11.1 Å². The van der Waals surface area contributed by atoms with Crippen LogP contribution in [0.5, 0.6) is 0 Å². The highest BCUT2D eigenvalue weighted by Gasteiger charge is 2.40. The van der Waals surface area contributed by atoms with E-state index in [1.165, 1.54) is 27.8 Å². The van der Waals surface area contributed by atoms with Crippen LogP contribution < -0.4 is 5.69 Å². The molecule has 240 valence electrons. The van der Waals surface area contributed by atoms with Gasteiger partial charge in [0.05, 0.1) is 11.0 Å². The molecule has 0 fully saturated rings. The molecule has 6 nitrogen and oxygen atoms in total. The lowest BCUT2D eigenvalue weighted by atomic mass is 9.74. The summed E-state index contributed by atoms with van der Waals surface area (Å²) in [6.45, 7) is 2.32. The van der Waals surface area contributed by atoms with E-state index in [0.29, 0.717) is 17.5 Å². The van der Waals surface area contributed by atoms with Crippen molar-refractivity contribution < 1.29 is 0 Å². The van der Waals surface area contributed by atoms with Crippen molar-refractivity contribution in [2.75, 3.05) is 0 Å². The van der Waals surface area contributed by atoms with Gasteiger partial charge < -0.3 is 0 Å². The third-order valence-electron chi connectivity index (χ3n) is 10.3. The Hall–Kier alpha value is -6.40. The van der Waals surface area contributed by atoms with Gasteiger partial charge in [0.15, 0.2) is 17.5 Å². The molecule has 6 aromatic carbocycles. The van der Waals surface area contributed by atoms with Crippen molar-refractivity contribution in [3.8, 4) is 56.4 Å². The molecule has 0 saturated heterocycles. The molecule has 50 heavy (non-hydrogen) atoms. The maximum atomic E-state index is 12.5. The summed E-state index contributed by atoms with van der Waals surface area (Å²) in [4.78, 5) is 27.6. The second-order valence-corrected chi connectivity index (χ2v) is 13.2. The monoisotopic (exact) mass is 647 g/mol. The zero-order chi connectivity index (χ0) is 34.0. The van der Waals surface area contributed by atoms with Gasteiger partial charge in [-0.1, -0.05) is 127 Å². The normalized spacial score (nSPS) is 14.9. The quantitative estimate of drug-likeness (QED) is 0.187. The fraction of sp³-hybridized carbons (Fsp3) is 0.0909. The standard InChI is InChI=1S/C44H33N5O/c1-44(33-14-8-5-9-15-33)36-17-11-10-16-34(36)35-24-22-32(26-37(35)44)42-46-40(29-12-6-4-7-13-29)45-41(47-42)30-20-18-28(19-21-30)31-23-25-38-39(27-31)49(3)43(50)48(38)2/h4-27H,1-3H3. The number of aryl methyl sites for hydroxylation is 2. The number of benzene rings is 6. The zero-order valence-electron chi connectivity index (χ0n) is 28.0. The van der Waals surface area contributed by atoms with Gasteiger partial charge in [-0.05, 0) is 64.1 Å². The maximum Gasteiger partial charge on any atom is 0.328 e. The van der Waals surface area contributed by atoms with Gasteiger partial charge in [0, 0.05) is 36.2 Å². The first-order valence-corrected chi connectivity index (χ1v) is 16.8. The lowest BCUT2D eigenvalue weighted by Gasteiger charge is -2.28. The molecule has 1 aliphatic rings. The minimum Gasteiger partial charge on any atom is -0.295 e. The average Bonchev–Trinajstić information content (AvgIpc) is 3.57. The molecule has 0 saturated carbocycles. The smallest absolute Gasteiger partial charge is 0.295 e. The number of fused-ring (bicyclic) bond motifs is 4. The van der Waals surface area contributed by atoms with Crippen molar-refractivity contribution in [1.29, 1.82) is 0 Å². The van der Waals surface area contributed by atoms with E-state index < -0.39 is 0 Å². The third kappa shape index (κ3) is 4.56. The fourth-order valence-corrected chi connectivity index (χ4v) is 7.56. The Kier molecular flexibility index (Phi) is 6.74. The van der Waals surface area contributed by atoms with Gasteiger partial charge in [-0.3, -0.25) is 9.13 Å². The number of hydrogen-bond donors (Lipinski definition) is 0. The summed E-state index contributed by atoms with van der Waals surface area (Å²) in [6.07, 6.45) is 0. The van der Waals surface area contributed by atoms with Crippen LogP contribution in [0.4, 0.5) is 0 Å². The van der Waals surface area contributed by atoms with Gasteiger partial charge >= 0.3 is 5.69 Å². The van der Waals surface area contributed by atoms with Crippen LogP contribution in [0.15, 0.2) is 150 Å². The first kappa shape index (κ1) is 29.7. The predicted octanol–water partition coefficient (Wildman–Crippen LogP) is 9.06. The minimum absolute atomic E-state index is 0.0371. The summed E-state index contributed by atoms with van der Waals surface area (Å²) in [6, 6.07) is 50.6. The topological polar surface area (TPSA) is 65.6 Å². The molecule has 1 atom stereocenters. The van der Waals surface area contributed by atoms with E-state index in [2.05, 4.69) is 116 Å². The van der Waals surface area contributed by atoms with Crippen LogP contribution in [-0.2, 0) is 19.5 Å². The van der Waals surface area contributed by atoms with Gasteiger partial charge in [0.2, 0.25) is 0 Å². The summed E-state index contributed by atoms with van der Waals surface area (Å²) in [5.41, 5.74) is 12.6. The lowest BCUT2D eigenvalue weighted by molar-refractivity contribution is 0.714. The Morgan fingerprint density at radius 3 is 1.70 bits per heavy atom. The van der Waals surface area contributed by atoms with E-state index in [9.17, 15) is 4.79 Å². The van der Waals surface area contributed by atoms with E-state index in [0.717, 1.165) is 38.9 Å². The van der Waals surface area contributed by atoms with Crippen molar-refractivity contribution >= 4 is 11.0 Å². The van der Waals surface area contributed by atoms with Crippen molar-refractivity contribution in [3.05, 3.63) is 173 Å². The molecule has 0 bridgehead atoms. The van der Waals surface area contributed by atoms with Gasteiger partial charge in [0.25, 0.3) is 0 Å². The second kappa shape index (κ2) is 11.3. The molecular formula is C44H33N5O. The SMILES string of the molecule is Cn1c(=O)n(C)c2cc(-c3ccc(-c4nc(-c5ccccc5)nc(-c5ccc6c(c5)C(C)(c5ccccc5)c5ccccc5-6)n4)cc3)ccc21. The molecule has 1 unspecified atom stereocenters. The van der Waals surface area contributed by atoms with Crippen molar-refractivity contribution in [2.24, 2.45) is 14.1 Å². The van der Waals surface area contributed by atoms with Crippen LogP contribution in [0.3, 0.4) is 0 Å². The molecule has 9 rings (SSSR count). The molecule has 8 aromatic rings. The van der Waals surface area contributed by atoms with Crippen LogP contribution in [0.1, 0.15) is 23.6 Å². The average molecular weight is 648 g/mol. The first-order chi connectivity index (χ1) is 24.4. The Morgan fingerprint density at radius 2 is 0.980 bits per heavy atom. The second-order valence-electron chi connectivity index (χ2n) is 13.2. The van der Waals surface area contributed by atoms with Crippen LogP contribution in [0.25, 0.3) is 67.5 Å². The summed E-state index contributed by atoms with van der Waals surface area (Å²) < 4.78 is 3.36. The number of aromatic nitrogens is 5. The summed E-state index contributed by atoms with van der Waals surface area (Å²) >= 11 is 0. The number of rotatable bonds is 5. The van der Waals surface area contributed by atoms with Crippen LogP contribution >= 0.6 is 0 Å². The molecule has 6 heteroatoms. The highest BCUT2D eigenvalue weighted by atomic mass is 16.1. The molecule has 2 aromatic heterocycles. The molecule has 2 heterocycles. The molecular weight excluding hydrogens is 615 g/mol. The fourth-order valence-electron chi connectivity index (χ4n) is 7.56. The lowest BCUT2D eigenvalue weighted by Crippen LogP contribution is -2.22. The van der Waals surface area contributed by atoms with Crippen LogP contribution in [-0.4, -0.2) is 24.1 Å². The molecule has 0 N–H and O–H groups in total. The maximum absolute atomic E-state index is 12.5. The highest BCUT2D eigenvalue weighted by Crippen LogP contribution is 2.53. The van der Waals surface area contributed by atoms with Gasteiger partial charge in [0.1, 0.15) is 0 Å².